The molecular weight excluding hydrogens is 324 g/mol. The predicted octanol–water partition coefficient (Wildman–Crippen LogP) is 1.58. The van der Waals surface area contributed by atoms with Crippen molar-refractivity contribution in [1.29, 1.82) is 0 Å². The van der Waals surface area contributed by atoms with Crippen LogP contribution in [0, 0.1) is 6.92 Å². The third-order valence-corrected chi connectivity index (χ3v) is 5.24. The van der Waals surface area contributed by atoms with Crippen molar-refractivity contribution >= 4 is 17.5 Å². The van der Waals surface area contributed by atoms with Gasteiger partial charge in [-0.3, -0.25) is 4.79 Å². The summed E-state index contributed by atoms with van der Waals surface area (Å²) in [5.41, 5.74) is 2.42. The van der Waals surface area contributed by atoms with Gasteiger partial charge < -0.3 is 9.80 Å². The Morgan fingerprint density at radius 2 is 1.92 bits per heavy atom. The van der Waals surface area contributed by atoms with E-state index in [4.69, 9.17) is 11.6 Å². The largest absolute Gasteiger partial charge is 0.338 e. The number of quaternary nitrogens is 1. The average Bonchev–Trinajstić information content (AvgIpc) is 2.96. The zero-order valence-corrected chi connectivity index (χ0v) is 15.2. The van der Waals surface area contributed by atoms with Crippen LogP contribution in [0.15, 0.2) is 30.5 Å². The standard InChI is InChI=1S/C18H23ClN4O/c1-13-17(12-20-23(13)16-6-4-14(19)5-7-16)18(24)22(3)15-8-10-21(2)11-9-15/h4-7,12,15H,8-11H2,1-3H3/p+1. The van der Waals surface area contributed by atoms with Gasteiger partial charge in [0.2, 0.25) is 0 Å². The highest BCUT2D eigenvalue weighted by Crippen LogP contribution is 2.19. The molecule has 0 spiro atoms. The van der Waals surface area contributed by atoms with Crippen molar-refractivity contribution < 1.29 is 9.69 Å². The van der Waals surface area contributed by atoms with Crippen LogP contribution in [-0.4, -0.2) is 53.8 Å². The number of carbonyl (C=O) groups is 1. The molecule has 6 heteroatoms. The second-order valence-electron chi connectivity index (χ2n) is 6.64. The van der Waals surface area contributed by atoms with Crippen LogP contribution in [0.5, 0.6) is 0 Å². The molecule has 3 rings (SSSR count). The number of aromatic nitrogens is 2. The first-order valence-corrected chi connectivity index (χ1v) is 8.74. The lowest BCUT2D eigenvalue weighted by Gasteiger charge is -2.33. The summed E-state index contributed by atoms with van der Waals surface area (Å²) in [4.78, 5) is 16.3. The van der Waals surface area contributed by atoms with Gasteiger partial charge in [-0.05, 0) is 31.2 Å². The second-order valence-corrected chi connectivity index (χ2v) is 7.07. The zero-order chi connectivity index (χ0) is 17.3. The highest BCUT2D eigenvalue weighted by atomic mass is 35.5. The number of nitrogens with zero attached hydrogens (tertiary/aromatic N) is 3. The molecular formula is C18H24ClN4O+. The highest BCUT2D eigenvalue weighted by molar-refractivity contribution is 6.30. The predicted molar refractivity (Wildman–Crippen MR) is 95.0 cm³/mol. The molecule has 0 aliphatic carbocycles. The average molecular weight is 348 g/mol. The van der Waals surface area contributed by atoms with E-state index in [1.807, 2.05) is 43.1 Å². The molecule has 1 aromatic heterocycles. The van der Waals surface area contributed by atoms with Crippen molar-refractivity contribution in [3.8, 4) is 5.69 Å². The van der Waals surface area contributed by atoms with Gasteiger partial charge in [0.15, 0.2) is 0 Å². The molecule has 2 heterocycles. The van der Waals surface area contributed by atoms with Crippen molar-refractivity contribution in [3.63, 3.8) is 0 Å². The summed E-state index contributed by atoms with van der Waals surface area (Å²) in [5.74, 6) is 0.0530. The number of nitrogens with one attached hydrogen (secondary N) is 1. The van der Waals surface area contributed by atoms with Crippen LogP contribution in [0.3, 0.4) is 0 Å². The molecule has 2 aromatic rings. The van der Waals surface area contributed by atoms with Crippen LogP contribution < -0.4 is 4.90 Å². The van der Waals surface area contributed by atoms with Crippen molar-refractivity contribution in [2.75, 3.05) is 27.2 Å². The number of hydrogen-bond donors (Lipinski definition) is 1. The Hall–Kier alpha value is -1.85. The molecule has 0 unspecified atom stereocenters. The molecule has 1 aliphatic heterocycles. The monoisotopic (exact) mass is 347 g/mol. The van der Waals surface area contributed by atoms with Gasteiger partial charge >= 0.3 is 0 Å². The summed E-state index contributed by atoms with van der Waals surface area (Å²) in [5, 5.41) is 5.08. The Labute approximate surface area is 147 Å². The molecule has 1 saturated heterocycles. The topological polar surface area (TPSA) is 42.6 Å². The Bertz CT molecular complexity index is 717. The third-order valence-electron chi connectivity index (χ3n) is 4.99. The van der Waals surface area contributed by atoms with Gasteiger partial charge in [-0.1, -0.05) is 11.6 Å². The van der Waals surface area contributed by atoms with Crippen molar-refractivity contribution in [2.45, 2.75) is 25.8 Å². The van der Waals surface area contributed by atoms with Crippen molar-refractivity contribution in [1.82, 2.24) is 14.7 Å². The molecule has 1 aliphatic rings. The molecule has 0 bridgehead atoms. The van der Waals surface area contributed by atoms with Crippen molar-refractivity contribution in [2.24, 2.45) is 0 Å². The summed E-state index contributed by atoms with van der Waals surface area (Å²) in [6.07, 6.45) is 3.78. The lowest BCUT2D eigenvalue weighted by molar-refractivity contribution is -0.885. The minimum atomic E-state index is 0.0530. The van der Waals surface area contributed by atoms with Gasteiger partial charge in [0.25, 0.3) is 5.91 Å². The first-order valence-electron chi connectivity index (χ1n) is 8.36. The molecule has 1 amide bonds. The molecule has 24 heavy (non-hydrogen) atoms. The fourth-order valence-electron chi connectivity index (χ4n) is 3.30. The lowest BCUT2D eigenvalue weighted by atomic mass is 10.0. The Morgan fingerprint density at radius 1 is 1.29 bits per heavy atom. The van der Waals surface area contributed by atoms with Gasteiger partial charge in [-0.25, -0.2) is 4.68 Å². The van der Waals surface area contributed by atoms with Crippen LogP contribution in [-0.2, 0) is 0 Å². The smallest absolute Gasteiger partial charge is 0.257 e. The van der Waals surface area contributed by atoms with Crippen LogP contribution in [0.25, 0.3) is 5.69 Å². The highest BCUT2D eigenvalue weighted by Gasteiger charge is 2.28. The normalized spacial score (nSPS) is 20.8. The second kappa shape index (κ2) is 6.95. The van der Waals surface area contributed by atoms with Crippen LogP contribution in [0.1, 0.15) is 28.9 Å². The number of likely N-dealkylation sites (tertiary alicyclic amines) is 1. The fraction of sp³-hybridized carbons (Fsp3) is 0.444. The molecule has 128 valence electrons. The third kappa shape index (κ3) is 3.32. The molecule has 1 fully saturated rings. The number of benzene rings is 1. The molecule has 5 nitrogen and oxygen atoms in total. The van der Waals surface area contributed by atoms with E-state index in [-0.39, 0.29) is 5.91 Å². The molecule has 0 radical (unpaired) electrons. The van der Waals surface area contributed by atoms with E-state index >= 15 is 0 Å². The van der Waals surface area contributed by atoms with Gasteiger partial charge in [-0.2, -0.15) is 5.10 Å². The van der Waals surface area contributed by atoms with Gasteiger partial charge in [0, 0.05) is 31.0 Å². The Morgan fingerprint density at radius 3 is 2.54 bits per heavy atom. The summed E-state index contributed by atoms with van der Waals surface area (Å²) in [7, 11) is 4.12. The lowest BCUT2D eigenvalue weighted by Crippen LogP contribution is -3.10. The van der Waals surface area contributed by atoms with Gasteiger partial charge in [0.1, 0.15) is 0 Å². The number of hydrogen-bond acceptors (Lipinski definition) is 2. The van der Waals surface area contributed by atoms with Gasteiger partial charge in [0.05, 0.1) is 43.3 Å². The molecule has 0 saturated carbocycles. The van der Waals surface area contributed by atoms with Crippen LogP contribution in [0.2, 0.25) is 5.02 Å². The van der Waals surface area contributed by atoms with Gasteiger partial charge in [-0.15, -0.1) is 0 Å². The molecule has 1 aromatic carbocycles. The number of halogens is 1. The number of amides is 1. The minimum absolute atomic E-state index is 0.0530. The van der Waals surface area contributed by atoms with E-state index < -0.39 is 0 Å². The van der Waals surface area contributed by atoms with E-state index in [1.54, 1.807) is 15.8 Å². The number of piperidine rings is 1. The SMILES string of the molecule is Cc1c(C(=O)N(C)C2CC[NH+](C)CC2)cnn1-c1ccc(Cl)cc1. The van der Waals surface area contributed by atoms with E-state index in [2.05, 4.69) is 12.1 Å². The van der Waals surface area contributed by atoms with Crippen LogP contribution >= 0.6 is 11.6 Å². The summed E-state index contributed by atoms with van der Waals surface area (Å²) >= 11 is 5.94. The van der Waals surface area contributed by atoms with E-state index in [0.717, 1.165) is 37.3 Å². The van der Waals surface area contributed by atoms with E-state index in [9.17, 15) is 4.79 Å². The Balaban J connectivity index is 1.79. The van der Waals surface area contributed by atoms with Crippen molar-refractivity contribution in [3.05, 3.63) is 46.7 Å². The number of carbonyl (C=O) groups excluding carboxylic acids is 1. The fourth-order valence-corrected chi connectivity index (χ4v) is 3.43. The minimum Gasteiger partial charge on any atom is -0.338 e. The Kier molecular flexibility index (Phi) is 4.92. The molecule has 1 N–H and O–H groups in total. The molecule has 0 atom stereocenters. The zero-order valence-electron chi connectivity index (χ0n) is 14.4. The van der Waals surface area contributed by atoms with E-state index in [1.165, 1.54) is 0 Å². The summed E-state index contributed by atoms with van der Waals surface area (Å²) < 4.78 is 1.79. The quantitative estimate of drug-likeness (QED) is 0.916. The summed E-state index contributed by atoms with van der Waals surface area (Å²) in [6, 6.07) is 7.78. The first-order chi connectivity index (χ1) is 11.5. The maximum absolute atomic E-state index is 12.9. The first kappa shape index (κ1) is 17.0. The number of rotatable bonds is 3. The maximum Gasteiger partial charge on any atom is 0.257 e. The summed E-state index contributed by atoms with van der Waals surface area (Å²) in [6.45, 7) is 4.16. The maximum atomic E-state index is 12.9. The van der Waals surface area contributed by atoms with Crippen LogP contribution in [0.4, 0.5) is 0 Å². The van der Waals surface area contributed by atoms with E-state index in [0.29, 0.717) is 16.6 Å².